The van der Waals surface area contributed by atoms with E-state index in [-0.39, 0.29) is 54.7 Å². The zero-order chi connectivity index (χ0) is 16.8. The van der Waals surface area contributed by atoms with Gasteiger partial charge in [0.2, 0.25) is 17.7 Å². The third-order valence-corrected chi connectivity index (χ3v) is 6.11. The Balaban J connectivity index is 1.35. The van der Waals surface area contributed by atoms with E-state index in [1.807, 2.05) is 11.9 Å². The van der Waals surface area contributed by atoms with E-state index in [0.29, 0.717) is 12.6 Å². The number of carbonyl (C=O) groups is 3. The molecule has 1 N–H and O–H groups in total. The van der Waals surface area contributed by atoms with Gasteiger partial charge in [0.25, 0.3) is 0 Å². The van der Waals surface area contributed by atoms with Gasteiger partial charge in [-0.15, -0.1) is 0 Å². The van der Waals surface area contributed by atoms with Crippen LogP contribution in [0.4, 0.5) is 0 Å². The summed E-state index contributed by atoms with van der Waals surface area (Å²) in [5.41, 5.74) is 0. The van der Waals surface area contributed by atoms with E-state index >= 15 is 0 Å². The average molecular weight is 335 g/mol. The summed E-state index contributed by atoms with van der Waals surface area (Å²) < 4.78 is 5.72. The average Bonchev–Trinajstić information content (AvgIpc) is 3.28. The lowest BCUT2D eigenvalue weighted by molar-refractivity contribution is -0.143. The molecule has 4 aliphatic rings. The molecule has 5 atom stereocenters. The van der Waals surface area contributed by atoms with Gasteiger partial charge in [0.05, 0.1) is 24.0 Å². The normalized spacial score (nSPS) is 38.1. The topological polar surface area (TPSA) is 79.0 Å². The molecule has 0 aromatic heterocycles. The van der Waals surface area contributed by atoms with Crippen LogP contribution in [0.2, 0.25) is 0 Å². The van der Waals surface area contributed by atoms with Gasteiger partial charge in [-0.2, -0.15) is 0 Å². The number of hydrogen-bond acceptors (Lipinski definition) is 5. The minimum atomic E-state index is -0.296. The van der Waals surface area contributed by atoms with Crippen LogP contribution in [-0.4, -0.2) is 72.5 Å². The first kappa shape index (κ1) is 16.0. The number of imide groups is 1. The van der Waals surface area contributed by atoms with Crippen LogP contribution in [0.1, 0.15) is 32.1 Å². The molecule has 4 aliphatic heterocycles. The summed E-state index contributed by atoms with van der Waals surface area (Å²) in [7, 11) is 1.91. The number of likely N-dealkylation sites (tertiary alicyclic amines) is 2. The second kappa shape index (κ2) is 6.11. The van der Waals surface area contributed by atoms with E-state index in [4.69, 9.17) is 4.74 Å². The standard InChI is InChI=1S/C17H25N3O4/c1-18-10-3-2-7-19(9-10)13(21)6-8-20-16(22)14-11-4-5-12(24-11)15(14)17(20)23/h10-12,14-15,18H,2-9H2,1H3. The molecule has 0 spiro atoms. The second-order valence-corrected chi connectivity index (χ2v) is 7.39. The Kier molecular flexibility index (Phi) is 4.08. The molecule has 0 aromatic rings. The summed E-state index contributed by atoms with van der Waals surface area (Å²) in [6, 6.07) is 0.338. The summed E-state index contributed by atoms with van der Waals surface area (Å²) in [5.74, 6) is -0.814. The number of ether oxygens (including phenoxy) is 1. The molecule has 132 valence electrons. The third-order valence-electron chi connectivity index (χ3n) is 6.11. The molecular formula is C17H25N3O4. The third kappa shape index (κ3) is 2.45. The summed E-state index contributed by atoms with van der Waals surface area (Å²) >= 11 is 0. The number of fused-ring (bicyclic) bond motifs is 5. The van der Waals surface area contributed by atoms with E-state index in [1.165, 1.54) is 4.90 Å². The van der Waals surface area contributed by atoms with Gasteiger partial charge < -0.3 is 15.0 Å². The van der Waals surface area contributed by atoms with Crippen molar-refractivity contribution in [1.29, 1.82) is 0 Å². The number of rotatable bonds is 4. The van der Waals surface area contributed by atoms with Crippen LogP contribution in [0.3, 0.4) is 0 Å². The van der Waals surface area contributed by atoms with Crippen molar-refractivity contribution < 1.29 is 19.1 Å². The molecule has 4 saturated heterocycles. The van der Waals surface area contributed by atoms with Crippen LogP contribution in [0.5, 0.6) is 0 Å². The van der Waals surface area contributed by atoms with Crippen molar-refractivity contribution in [3.8, 4) is 0 Å². The quantitative estimate of drug-likeness (QED) is 0.717. The van der Waals surface area contributed by atoms with Crippen LogP contribution < -0.4 is 5.32 Å². The van der Waals surface area contributed by atoms with Crippen LogP contribution in [0.15, 0.2) is 0 Å². The van der Waals surface area contributed by atoms with E-state index in [1.54, 1.807) is 0 Å². The lowest BCUT2D eigenvalue weighted by Gasteiger charge is -2.33. The Morgan fingerprint density at radius 2 is 1.83 bits per heavy atom. The van der Waals surface area contributed by atoms with E-state index in [0.717, 1.165) is 32.2 Å². The lowest BCUT2D eigenvalue weighted by Crippen LogP contribution is -2.47. The minimum Gasteiger partial charge on any atom is -0.373 e. The highest BCUT2D eigenvalue weighted by molar-refractivity contribution is 6.06. The highest BCUT2D eigenvalue weighted by atomic mass is 16.5. The van der Waals surface area contributed by atoms with Crippen LogP contribution in [-0.2, 0) is 19.1 Å². The number of piperidine rings is 1. The molecule has 0 radical (unpaired) electrons. The molecule has 5 unspecified atom stereocenters. The predicted octanol–water partition coefficient (Wildman–Crippen LogP) is -0.251. The summed E-state index contributed by atoms with van der Waals surface area (Å²) in [6.45, 7) is 1.69. The lowest BCUT2D eigenvalue weighted by atomic mass is 9.81. The maximum atomic E-state index is 12.6. The Bertz CT molecular complexity index is 538. The largest absolute Gasteiger partial charge is 0.373 e. The molecule has 0 aromatic carbocycles. The number of hydrogen-bond donors (Lipinski definition) is 1. The van der Waals surface area contributed by atoms with Crippen molar-refractivity contribution in [2.24, 2.45) is 11.8 Å². The number of likely N-dealkylation sites (N-methyl/N-ethyl adjacent to an activating group) is 1. The Morgan fingerprint density at radius 3 is 2.46 bits per heavy atom. The van der Waals surface area contributed by atoms with Crippen LogP contribution in [0, 0.1) is 11.8 Å². The first-order chi connectivity index (χ1) is 11.6. The van der Waals surface area contributed by atoms with Crippen molar-refractivity contribution in [2.45, 2.75) is 50.4 Å². The Morgan fingerprint density at radius 1 is 1.17 bits per heavy atom. The number of carbonyl (C=O) groups excluding carboxylic acids is 3. The molecular weight excluding hydrogens is 310 g/mol. The molecule has 7 nitrogen and oxygen atoms in total. The van der Waals surface area contributed by atoms with E-state index in [2.05, 4.69) is 5.32 Å². The van der Waals surface area contributed by atoms with E-state index < -0.39 is 0 Å². The smallest absolute Gasteiger partial charge is 0.235 e. The van der Waals surface area contributed by atoms with Gasteiger partial charge in [0.1, 0.15) is 0 Å². The summed E-state index contributed by atoms with van der Waals surface area (Å²) in [4.78, 5) is 40.7. The molecule has 24 heavy (non-hydrogen) atoms. The SMILES string of the molecule is CNC1CCCN(C(=O)CCN2C(=O)C3C4CCC(O4)C3C2=O)C1. The zero-order valence-corrected chi connectivity index (χ0v) is 14.1. The predicted molar refractivity (Wildman–Crippen MR) is 84.9 cm³/mol. The first-order valence-electron chi connectivity index (χ1n) is 9.06. The van der Waals surface area contributed by atoms with Gasteiger partial charge in [0.15, 0.2) is 0 Å². The maximum Gasteiger partial charge on any atom is 0.235 e. The molecule has 4 rings (SSSR count). The monoisotopic (exact) mass is 335 g/mol. The van der Waals surface area contributed by atoms with Gasteiger partial charge in [-0.3, -0.25) is 19.3 Å². The number of nitrogens with one attached hydrogen (secondary N) is 1. The highest BCUT2D eigenvalue weighted by Gasteiger charge is 2.62. The van der Waals surface area contributed by atoms with Crippen LogP contribution >= 0.6 is 0 Å². The van der Waals surface area contributed by atoms with Crippen molar-refractivity contribution in [3.63, 3.8) is 0 Å². The molecule has 7 heteroatoms. The Hall–Kier alpha value is -1.47. The number of nitrogens with zero attached hydrogens (tertiary/aromatic N) is 2. The maximum absolute atomic E-state index is 12.6. The Labute approximate surface area is 141 Å². The first-order valence-corrected chi connectivity index (χ1v) is 9.06. The molecule has 4 heterocycles. The fourth-order valence-electron chi connectivity index (χ4n) is 4.80. The molecule has 0 aliphatic carbocycles. The van der Waals surface area contributed by atoms with E-state index in [9.17, 15) is 14.4 Å². The minimum absolute atomic E-state index is 0.0341. The fourth-order valence-corrected chi connectivity index (χ4v) is 4.80. The summed E-state index contributed by atoms with van der Waals surface area (Å²) in [5, 5.41) is 3.22. The van der Waals surface area contributed by atoms with Crippen molar-refractivity contribution >= 4 is 17.7 Å². The fraction of sp³-hybridized carbons (Fsp3) is 0.824. The molecule has 2 bridgehead atoms. The number of amides is 3. The molecule has 0 saturated carbocycles. The van der Waals surface area contributed by atoms with Gasteiger partial charge in [0, 0.05) is 32.1 Å². The van der Waals surface area contributed by atoms with Gasteiger partial charge in [-0.05, 0) is 32.7 Å². The van der Waals surface area contributed by atoms with Gasteiger partial charge in [-0.25, -0.2) is 0 Å². The van der Waals surface area contributed by atoms with Crippen molar-refractivity contribution in [2.75, 3.05) is 26.7 Å². The highest BCUT2D eigenvalue weighted by Crippen LogP contribution is 2.48. The zero-order valence-electron chi connectivity index (χ0n) is 14.1. The van der Waals surface area contributed by atoms with Crippen molar-refractivity contribution in [3.05, 3.63) is 0 Å². The van der Waals surface area contributed by atoms with Gasteiger partial charge in [-0.1, -0.05) is 0 Å². The summed E-state index contributed by atoms with van der Waals surface area (Å²) in [6.07, 6.45) is 3.86. The molecule has 4 fully saturated rings. The van der Waals surface area contributed by atoms with Crippen molar-refractivity contribution in [1.82, 2.24) is 15.1 Å². The van der Waals surface area contributed by atoms with Crippen LogP contribution in [0.25, 0.3) is 0 Å². The van der Waals surface area contributed by atoms with Gasteiger partial charge >= 0.3 is 0 Å². The second-order valence-electron chi connectivity index (χ2n) is 7.39. The molecule has 3 amide bonds.